The van der Waals surface area contributed by atoms with Crippen molar-refractivity contribution >= 4 is 17.2 Å². The number of carbonyl (C=O) groups excluding carboxylic acids is 1. The van der Waals surface area contributed by atoms with Crippen molar-refractivity contribution in [2.24, 2.45) is 0 Å². The highest BCUT2D eigenvalue weighted by Crippen LogP contribution is 2.34. The number of rotatable bonds is 12. The molecule has 0 aliphatic carbocycles. The third-order valence-corrected chi connectivity index (χ3v) is 6.55. The number of thiophene rings is 1. The van der Waals surface area contributed by atoms with Gasteiger partial charge in [0.05, 0.1) is 25.3 Å². The Morgan fingerprint density at radius 1 is 1.42 bits per heavy atom. The zero-order valence-electron chi connectivity index (χ0n) is 19.1. The van der Waals surface area contributed by atoms with E-state index in [1.807, 2.05) is 41.0 Å². The molecule has 1 aromatic carbocycles. The summed E-state index contributed by atoms with van der Waals surface area (Å²) in [5.74, 6) is 3.17. The SMILES string of the molecule is C#CCOC[C@@H](O)CN(CC=C)CC(=O)N1CCc2sccc2[C@@H]1COc1ccc(C)cc1. The highest BCUT2D eigenvalue weighted by Gasteiger charge is 2.33. The van der Waals surface area contributed by atoms with E-state index in [4.69, 9.17) is 15.9 Å². The quantitative estimate of drug-likeness (QED) is 0.295. The summed E-state index contributed by atoms with van der Waals surface area (Å²) in [6.07, 6.45) is 7.01. The molecular formula is C26H32N2O4S. The molecule has 1 aromatic heterocycles. The van der Waals surface area contributed by atoms with Crippen LogP contribution in [0, 0.1) is 19.3 Å². The number of hydrogen-bond donors (Lipinski definition) is 1. The van der Waals surface area contributed by atoms with Crippen LogP contribution in [0.5, 0.6) is 5.75 Å². The van der Waals surface area contributed by atoms with E-state index in [0.717, 1.165) is 17.7 Å². The maximum absolute atomic E-state index is 13.4. The lowest BCUT2D eigenvalue weighted by molar-refractivity contribution is -0.136. The van der Waals surface area contributed by atoms with E-state index in [1.165, 1.54) is 10.4 Å². The maximum Gasteiger partial charge on any atom is 0.237 e. The lowest BCUT2D eigenvalue weighted by Gasteiger charge is -2.37. The Labute approximate surface area is 200 Å². The van der Waals surface area contributed by atoms with Crippen molar-refractivity contribution in [3.8, 4) is 18.1 Å². The summed E-state index contributed by atoms with van der Waals surface area (Å²) < 4.78 is 11.3. The van der Waals surface area contributed by atoms with Crippen LogP contribution in [0.2, 0.25) is 0 Å². The number of hydrogen-bond acceptors (Lipinski definition) is 6. The molecule has 6 nitrogen and oxygen atoms in total. The first-order valence-corrected chi connectivity index (χ1v) is 12.0. The van der Waals surface area contributed by atoms with E-state index < -0.39 is 6.10 Å². The molecule has 0 fully saturated rings. The van der Waals surface area contributed by atoms with Crippen LogP contribution in [0.1, 0.15) is 22.0 Å². The second kappa shape index (κ2) is 12.6. The first-order chi connectivity index (χ1) is 16.0. The fourth-order valence-corrected chi connectivity index (χ4v) is 4.89. The largest absolute Gasteiger partial charge is 0.491 e. The van der Waals surface area contributed by atoms with Gasteiger partial charge in [0.2, 0.25) is 5.91 Å². The summed E-state index contributed by atoms with van der Waals surface area (Å²) in [5, 5.41) is 12.3. The molecule has 7 heteroatoms. The van der Waals surface area contributed by atoms with E-state index in [1.54, 1.807) is 17.4 Å². The second-order valence-corrected chi connectivity index (χ2v) is 9.13. The number of aliphatic hydroxyl groups is 1. The predicted octanol–water partition coefficient (Wildman–Crippen LogP) is 3.06. The van der Waals surface area contributed by atoms with Gasteiger partial charge in [-0.2, -0.15) is 0 Å². The number of amides is 1. The average Bonchev–Trinajstić information content (AvgIpc) is 3.28. The van der Waals surface area contributed by atoms with Gasteiger partial charge in [-0.1, -0.05) is 29.7 Å². The lowest BCUT2D eigenvalue weighted by atomic mass is 10.0. The normalized spacial score (nSPS) is 16.2. The van der Waals surface area contributed by atoms with Crippen LogP contribution < -0.4 is 4.74 Å². The highest BCUT2D eigenvalue weighted by molar-refractivity contribution is 7.10. The first-order valence-electron chi connectivity index (χ1n) is 11.1. The Morgan fingerprint density at radius 3 is 2.94 bits per heavy atom. The highest BCUT2D eigenvalue weighted by atomic mass is 32.1. The lowest BCUT2D eigenvalue weighted by Crippen LogP contribution is -2.48. The second-order valence-electron chi connectivity index (χ2n) is 8.13. The minimum atomic E-state index is -0.739. The summed E-state index contributed by atoms with van der Waals surface area (Å²) in [7, 11) is 0. The Kier molecular flexibility index (Phi) is 9.52. The smallest absolute Gasteiger partial charge is 0.237 e. The average molecular weight is 469 g/mol. The topological polar surface area (TPSA) is 62.2 Å². The molecule has 2 atom stereocenters. The van der Waals surface area contributed by atoms with Crippen molar-refractivity contribution in [1.82, 2.24) is 9.80 Å². The van der Waals surface area contributed by atoms with E-state index in [2.05, 4.69) is 23.9 Å². The van der Waals surface area contributed by atoms with Crippen LogP contribution in [0.3, 0.4) is 0 Å². The summed E-state index contributed by atoms with van der Waals surface area (Å²) in [6.45, 7) is 8.09. The van der Waals surface area contributed by atoms with E-state index in [-0.39, 0.29) is 31.7 Å². The Balaban J connectivity index is 1.67. The number of aliphatic hydroxyl groups excluding tert-OH is 1. The molecule has 0 saturated heterocycles. The molecule has 0 spiro atoms. The molecule has 2 aromatic rings. The van der Waals surface area contributed by atoms with Crippen molar-refractivity contribution < 1.29 is 19.4 Å². The fourth-order valence-electron chi connectivity index (χ4n) is 3.96. The molecule has 176 valence electrons. The summed E-state index contributed by atoms with van der Waals surface area (Å²) in [4.78, 5) is 18.5. The number of nitrogens with zero attached hydrogens (tertiary/aromatic N) is 2. The molecule has 0 saturated carbocycles. The van der Waals surface area contributed by atoms with Gasteiger partial charge < -0.3 is 19.5 Å². The third-order valence-electron chi connectivity index (χ3n) is 5.55. The number of terminal acetylenes is 1. The minimum absolute atomic E-state index is 0.00273. The van der Waals surface area contributed by atoms with Crippen LogP contribution in [0.4, 0.5) is 0 Å². The Morgan fingerprint density at radius 2 is 2.21 bits per heavy atom. The monoisotopic (exact) mass is 468 g/mol. The zero-order valence-corrected chi connectivity index (χ0v) is 19.9. The molecule has 1 amide bonds. The van der Waals surface area contributed by atoms with E-state index in [0.29, 0.717) is 26.2 Å². The molecule has 1 N–H and O–H groups in total. The molecule has 1 aliphatic heterocycles. The van der Waals surface area contributed by atoms with E-state index >= 15 is 0 Å². The van der Waals surface area contributed by atoms with Gasteiger partial charge in [-0.3, -0.25) is 9.69 Å². The van der Waals surface area contributed by atoms with Crippen LogP contribution in [0.25, 0.3) is 0 Å². The van der Waals surface area contributed by atoms with Crippen molar-refractivity contribution in [1.29, 1.82) is 0 Å². The number of carbonyl (C=O) groups is 1. The number of benzene rings is 1. The molecule has 0 unspecified atom stereocenters. The van der Waals surface area contributed by atoms with Gasteiger partial charge in [-0.15, -0.1) is 24.3 Å². The van der Waals surface area contributed by atoms with E-state index in [9.17, 15) is 9.90 Å². The molecule has 0 bridgehead atoms. The van der Waals surface area contributed by atoms with Crippen LogP contribution in [-0.2, 0) is 16.0 Å². The number of aryl methyl sites for hydroxylation is 1. The van der Waals surface area contributed by atoms with Crippen molar-refractivity contribution in [3.05, 3.63) is 64.4 Å². The first kappa shape index (κ1) is 25.0. The molecule has 1 aliphatic rings. The van der Waals surface area contributed by atoms with Crippen LogP contribution >= 0.6 is 11.3 Å². The maximum atomic E-state index is 13.4. The number of fused-ring (bicyclic) bond motifs is 1. The van der Waals surface area contributed by atoms with Gasteiger partial charge in [0.25, 0.3) is 0 Å². The van der Waals surface area contributed by atoms with Crippen molar-refractivity contribution in [2.45, 2.75) is 25.5 Å². The standard InChI is InChI=1S/C26H32N2O4S/c1-4-12-27(16-21(29)18-31-14-5-2)17-26(30)28-13-10-25-23(11-15-33-25)24(28)19-32-22-8-6-20(3)7-9-22/h2,4,6-9,11,15,21,24,29H,1,10,12-14,16-19H2,3H3/t21-,24-/m0/s1. The van der Waals surface area contributed by atoms with Crippen LogP contribution in [-0.4, -0.2) is 72.9 Å². The molecule has 33 heavy (non-hydrogen) atoms. The predicted molar refractivity (Wildman–Crippen MR) is 131 cm³/mol. The van der Waals surface area contributed by atoms with Crippen molar-refractivity contribution in [2.75, 3.05) is 46.0 Å². The zero-order chi connectivity index (χ0) is 23.6. The minimum Gasteiger partial charge on any atom is -0.491 e. The van der Waals surface area contributed by atoms with Gasteiger partial charge in [0.15, 0.2) is 0 Å². The van der Waals surface area contributed by atoms with Gasteiger partial charge in [-0.25, -0.2) is 0 Å². The molecular weight excluding hydrogens is 436 g/mol. The van der Waals surface area contributed by atoms with Gasteiger partial charge in [0.1, 0.15) is 19.0 Å². The molecule has 0 radical (unpaired) electrons. The third kappa shape index (κ3) is 7.18. The summed E-state index contributed by atoms with van der Waals surface area (Å²) >= 11 is 1.73. The van der Waals surface area contributed by atoms with Gasteiger partial charge in [0, 0.05) is 24.5 Å². The van der Waals surface area contributed by atoms with Crippen molar-refractivity contribution in [3.63, 3.8) is 0 Å². The van der Waals surface area contributed by atoms with Gasteiger partial charge in [-0.05, 0) is 42.5 Å². The Hall–Kier alpha value is -2.63. The summed E-state index contributed by atoms with van der Waals surface area (Å²) in [6, 6.07) is 9.88. The molecule has 2 heterocycles. The van der Waals surface area contributed by atoms with Crippen LogP contribution in [0.15, 0.2) is 48.4 Å². The fraction of sp³-hybridized carbons (Fsp3) is 0.423. The Bertz CT molecular complexity index is 950. The summed E-state index contributed by atoms with van der Waals surface area (Å²) in [5.41, 5.74) is 2.33. The number of ether oxygens (including phenoxy) is 2. The van der Waals surface area contributed by atoms with Gasteiger partial charge >= 0.3 is 0 Å². The molecule has 3 rings (SSSR count).